The maximum absolute atomic E-state index is 11.8. The smallest absolute Gasteiger partial charge is 0.352 e. The van der Waals surface area contributed by atoms with Crippen LogP contribution in [0.5, 0.6) is 0 Å². The van der Waals surface area contributed by atoms with Crippen molar-refractivity contribution in [2.45, 2.75) is 27.7 Å². The van der Waals surface area contributed by atoms with E-state index in [0.29, 0.717) is 5.69 Å². The summed E-state index contributed by atoms with van der Waals surface area (Å²) in [6, 6.07) is 7.28. The molecule has 0 bridgehead atoms. The van der Waals surface area contributed by atoms with Gasteiger partial charge in [0.2, 0.25) is 0 Å². The van der Waals surface area contributed by atoms with Gasteiger partial charge in [0.05, 0.1) is 0 Å². The number of aliphatic carboxylic acids is 1. The van der Waals surface area contributed by atoms with Gasteiger partial charge in [-0.2, -0.15) is 0 Å². The Bertz CT molecular complexity index is 507. The molecular formula is C15H19NO3. The van der Waals surface area contributed by atoms with E-state index in [4.69, 9.17) is 5.11 Å². The van der Waals surface area contributed by atoms with Crippen LogP contribution in [0.15, 0.2) is 36.0 Å². The van der Waals surface area contributed by atoms with Crippen molar-refractivity contribution in [1.82, 2.24) is 0 Å². The molecule has 4 nitrogen and oxygen atoms in total. The van der Waals surface area contributed by atoms with E-state index in [2.05, 4.69) is 5.32 Å². The molecule has 0 aliphatic rings. The number of carboxylic acid groups (broad SMARTS) is 1. The Morgan fingerprint density at radius 2 is 1.68 bits per heavy atom. The third-order valence-electron chi connectivity index (χ3n) is 2.58. The molecule has 0 aromatic heterocycles. The average Bonchev–Trinajstić information content (AvgIpc) is 2.29. The molecule has 0 saturated carbocycles. The van der Waals surface area contributed by atoms with Gasteiger partial charge in [0.25, 0.3) is 0 Å². The Kier molecular flexibility index (Phi) is 4.48. The standard InChI is InChI=1S/C15H19NO3/c1-10-5-7-11(8-6-10)16-12(14(18)19)9-13(17)15(2,3)4/h5-9,16H,1-4H3,(H,18,19). The van der Waals surface area contributed by atoms with Crippen LogP contribution in [0, 0.1) is 12.3 Å². The molecule has 0 heterocycles. The molecule has 0 saturated heterocycles. The zero-order valence-electron chi connectivity index (χ0n) is 11.7. The van der Waals surface area contributed by atoms with Gasteiger partial charge in [-0.25, -0.2) is 4.79 Å². The summed E-state index contributed by atoms with van der Waals surface area (Å²) in [6.45, 7) is 7.19. The first-order valence-electron chi connectivity index (χ1n) is 6.03. The maximum atomic E-state index is 11.8. The van der Waals surface area contributed by atoms with Gasteiger partial charge in [0.15, 0.2) is 5.78 Å². The van der Waals surface area contributed by atoms with Crippen molar-refractivity contribution in [1.29, 1.82) is 0 Å². The number of nitrogens with one attached hydrogen (secondary N) is 1. The lowest BCUT2D eigenvalue weighted by Crippen LogP contribution is -2.21. The fourth-order valence-corrected chi connectivity index (χ4v) is 1.29. The van der Waals surface area contributed by atoms with Crippen LogP contribution in [0.2, 0.25) is 0 Å². The molecule has 0 aliphatic heterocycles. The van der Waals surface area contributed by atoms with Crippen LogP contribution >= 0.6 is 0 Å². The molecule has 0 aliphatic carbocycles. The number of hydrogen-bond donors (Lipinski definition) is 2. The SMILES string of the molecule is Cc1ccc(NC(=CC(=O)C(C)(C)C)C(=O)O)cc1. The molecular weight excluding hydrogens is 242 g/mol. The van der Waals surface area contributed by atoms with Gasteiger partial charge in [0.1, 0.15) is 5.70 Å². The van der Waals surface area contributed by atoms with Crippen molar-refractivity contribution in [3.63, 3.8) is 0 Å². The highest BCUT2D eigenvalue weighted by Gasteiger charge is 2.21. The summed E-state index contributed by atoms with van der Waals surface area (Å²) >= 11 is 0. The maximum Gasteiger partial charge on any atom is 0.352 e. The third-order valence-corrected chi connectivity index (χ3v) is 2.58. The molecule has 0 fully saturated rings. The van der Waals surface area contributed by atoms with Gasteiger partial charge in [-0.15, -0.1) is 0 Å². The van der Waals surface area contributed by atoms with E-state index in [9.17, 15) is 9.59 Å². The lowest BCUT2D eigenvalue weighted by atomic mass is 9.90. The number of carbonyl (C=O) groups is 2. The fourth-order valence-electron chi connectivity index (χ4n) is 1.29. The van der Waals surface area contributed by atoms with E-state index in [0.717, 1.165) is 11.6 Å². The predicted octanol–water partition coefficient (Wildman–Crippen LogP) is 2.99. The first kappa shape index (κ1) is 15.0. The third kappa shape index (κ3) is 4.58. The summed E-state index contributed by atoms with van der Waals surface area (Å²) in [4.78, 5) is 23.0. The molecule has 19 heavy (non-hydrogen) atoms. The fraction of sp³-hybridized carbons (Fsp3) is 0.333. The largest absolute Gasteiger partial charge is 0.477 e. The highest BCUT2D eigenvalue weighted by Crippen LogP contribution is 2.17. The Morgan fingerprint density at radius 3 is 2.11 bits per heavy atom. The van der Waals surface area contributed by atoms with Gasteiger partial charge < -0.3 is 10.4 Å². The molecule has 1 aromatic carbocycles. The minimum absolute atomic E-state index is 0.122. The van der Waals surface area contributed by atoms with E-state index in [-0.39, 0.29) is 11.5 Å². The summed E-state index contributed by atoms with van der Waals surface area (Å²) in [5.41, 5.74) is 0.997. The first-order chi connectivity index (χ1) is 8.70. The highest BCUT2D eigenvalue weighted by molar-refractivity contribution is 6.02. The summed E-state index contributed by atoms with van der Waals surface area (Å²) in [5, 5.41) is 11.9. The summed E-state index contributed by atoms with van der Waals surface area (Å²) < 4.78 is 0. The first-order valence-corrected chi connectivity index (χ1v) is 6.03. The van der Waals surface area contributed by atoms with E-state index in [1.807, 2.05) is 19.1 Å². The van der Waals surface area contributed by atoms with Crippen molar-refractivity contribution >= 4 is 17.4 Å². The number of carboxylic acids is 1. The van der Waals surface area contributed by atoms with Gasteiger partial charge in [0, 0.05) is 17.2 Å². The van der Waals surface area contributed by atoms with Crippen LogP contribution < -0.4 is 5.32 Å². The number of anilines is 1. The molecule has 0 spiro atoms. The van der Waals surface area contributed by atoms with E-state index < -0.39 is 11.4 Å². The molecule has 1 rings (SSSR count). The number of aryl methyl sites for hydroxylation is 1. The second-order valence-electron chi connectivity index (χ2n) is 5.47. The summed E-state index contributed by atoms with van der Waals surface area (Å²) in [7, 11) is 0. The highest BCUT2D eigenvalue weighted by atomic mass is 16.4. The number of allylic oxidation sites excluding steroid dienone is 1. The Labute approximate surface area is 113 Å². The zero-order valence-corrected chi connectivity index (χ0v) is 11.7. The molecule has 0 atom stereocenters. The summed E-state index contributed by atoms with van der Waals surface area (Å²) in [6.07, 6.45) is 1.14. The molecule has 4 heteroatoms. The number of benzene rings is 1. The second-order valence-corrected chi connectivity index (χ2v) is 5.47. The second kappa shape index (κ2) is 5.69. The van der Waals surface area contributed by atoms with Crippen LogP contribution in [0.3, 0.4) is 0 Å². The average molecular weight is 261 g/mol. The van der Waals surface area contributed by atoms with E-state index in [1.54, 1.807) is 32.9 Å². The van der Waals surface area contributed by atoms with E-state index >= 15 is 0 Å². The molecule has 0 amide bonds. The van der Waals surface area contributed by atoms with Gasteiger partial charge in [-0.3, -0.25) is 4.79 Å². The monoisotopic (exact) mass is 261 g/mol. The Morgan fingerprint density at radius 1 is 1.16 bits per heavy atom. The molecule has 0 radical (unpaired) electrons. The van der Waals surface area contributed by atoms with Crippen molar-refractivity contribution in [2.24, 2.45) is 5.41 Å². The quantitative estimate of drug-likeness (QED) is 0.818. The molecule has 2 N–H and O–H groups in total. The normalized spacial score (nSPS) is 12.1. The van der Waals surface area contributed by atoms with E-state index in [1.165, 1.54) is 0 Å². The lowest BCUT2D eigenvalue weighted by molar-refractivity contribution is -0.133. The lowest BCUT2D eigenvalue weighted by Gasteiger charge is -2.15. The number of hydrogen-bond acceptors (Lipinski definition) is 3. The van der Waals surface area contributed by atoms with Gasteiger partial charge >= 0.3 is 5.97 Å². The predicted molar refractivity (Wildman–Crippen MR) is 75.0 cm³/mol. The zero-order chi connectivity index (χ0) is 14.6. The minimum Gasteiger partial charge on any atom is -0.477 e. The number of carbonyl (C=O) groups excluding carboxylic acids is 1. The Balaban J connectivity index is 2.97. The van der Waals surface area contributed by atoms with Crippen LogP contribution in [0.25, 0.3) is 0 Å². The van der Waals surface area contributed by atoms with Crippen molar-refractivity contribution in [3.8, 4) is 0 Å². The topological polar surface area (TPSA) is 66.4 Å². The van der Waals surface area contributed by atoms with Crippen LogP contribution in [-0.2, 0) is 9.59 Å². The van der Waals surface area contributed by atoms with Crippen molar-refractivity contribution in [2.75, 3.05) is 5.32 Å². The number of rotatable bonds is 4. The number of ketones is 1. The summed E-state index contributed by atoms with van der Waals surface area (Å²) in [5.74, 6) is -1.39. The van der Waals surface area contributed by atoms with Crippen molar-refractivity contribution < 1.29 is 14.7 Å². The Hall–Kier alpha value is -2.10. The van der Waals surface area contributed by atoms with Crippen LogP contribution in [0.1, 0.15) is 26.3 Å². The molecule has 102 valence electrons. The molecule has 0 unspecified atom stereocenters. The van der Waals surface area contributed by atoms with Crippen LogP contribution in [0.4, 0.5) is 5.69 Å². The molecule has 1 aromatic rings. The van der Waals surface area contributed by atoms with Crippen molar-refractivity contribution in [3.05, 3.63) is 41.6 Å². The van der Waals surface area contributed by atoms with Gasteiger partial charge in [-0.05, 0) is 19.1 Å². The van der Waals surface area contributed by atoms with Gasteiger partial charge in [-0.1, -0.05) is 38.5 Å². The minimum atomic E-state index is -1.15. The van der Waals surface area contributed by atoms with Crippen LogP contribution in [-0.4, -0.2) is 16.9 Å².